The molecule has 1 aliphatic carbocycles. The predicted molar refractivity (Wildman–Crippen MR) is 82.7 cm³/mol. The number of ketones is 1. The molecule has 0 unspecified atom stereocenters. The van der Waals surface area contributed by atoms with Crippen LogP contribution in [0.1, 0.15) is 21.5 Å². The third-order valence-corrected chi connectivity index (χ3v) is 4.25. The van der Waals surface area contributed by atoms with Crippen molar-refractivity contribution in [2.45, 2.75) is 6.92 Å². The van der Waals surface area contributed by atoms with Crippen LogP contribution in [0.4, 0.5) is 0 Å². The first kappa shape index (κ1) is 11.6. The molecule has 1 N–H and O–H groups in total. The molecular formula is C17H11NOS. The molecule has 2 nitrogen and oxygen atoms in total. The second-order valence-corrected chi connectivity index (χ2v) is 5.54. The summed E-state index contributed by atoms with van der Waals surface area (Å²) in [6, 6.07) is 13.7. The lowest BCUT2D eigenvalue weighted by Crippen LogP contribution is -1.97. The number of fused-ring (bicyclic) bond motifs is 4. The molecule has 0 aliphatic heterocycles. The van der Waals surface area contributed by atoms with Crippen molar-refractivity contribution in [2.24, 2.45) is 0 Å². The van der Waals surface area contributed by atoms with E-state index in [0.717, 1.165) is 33.3 Å². The second-order valence-electron chi connectivity index (χ2n) is 5.13. The molecule has 20 heavy (non-hydrogen) atoms. The van der Waals surface area contributed by atoms with E-state index in [4.69, 9.17) is 12.2 Å². The third-order valence-electron chi connectivity index (χ3n) is 3.82. The first-order valence-electron chi connectivity index (χ1n) is 6.47. The number of carbonyl (C=O) groups is 1. The Kier molecular flexibility index (Phi) is 2.24. The van der Waals surface area contributed by atoms with E-state index in [9.17, 15) is 4.79 Å². The van der Waals surface area contributed by atoms with E-state index in [1.807, 2.05) is 49.4 Å². The summed E-state index contributed by atoms with van der Waals surface area (Å²) in [6.07, 6.45) is 0. The Labute approximate surface area is 121 Å². The van der Waals surface area contributed by atoms with Gasteiger partial charge in [-0.25, -0.2) is 0 Å². The van der Waals surface area contributed by atoms with Crippen molar-refractivity contribution in [1.29, 1.82) is 0 Å². The molecule has 3 heteroatoms. The molecule has 0 bridgehead atoms. The molecule has 0 saturated carbocycles. The fourth-order valence-corrected chi connectivity index (χ4v) is 3.22. The average molecular weight is 277 g/mol. The SMILES string of the molecule is Cc1ccc2[nH]c3c(c(=S)c2c1)C(=O)c1ccccc1-3. The minimum absolute atomic E-state index is 0.0280. The van der Waals surface area contributed by atoms with Gasteiger partial charge in [0, 0.05) is 22.0 Å². The molecule has 4 rings (SSSR count). The molecule has 0 radical (unpaired) electrons. The van der Waals surface area contributed by atoms with Gasteiger partial charge in [-0.3, -0.25) is 4.79 Å². The number of rotatable bonds is 0. The first-order chi connectivity index (χ1) is 9.66. The third kappa shape index (κ3) is 1.38. The van der Waals surface area contributed by atoms with E-state index in [1.165, 1.54) is 0 Å². The van der Waals surface area contributed by atoms with Gasteiger partial charge in [-0.2, -0.15) is 0 Å². The van der Waals surface area contributed by atoms with Gasteiger partial charge in [0.1, 0.15) is 0 Å². The molecule has 0 amide bonds. The highest BCUT2D eigenvalue weighted by molar-refractivity contribution is 7.71. The van der Waals surface area contributed by atoms with Crippen molar-refractivity contribution in [3.63, 3.8) is 0 Å². The summed E-state index contributed by atoms with van der Waals surface area (Å²) in [5.74, 6) is 0.0280. The molecule has 1 aliphatic rings. The molecule has 0 atom stereocenters. The van der Waals surface area contributed by atoms with Gasteiger partial charge in [0.15, 0.2) is 5.78 Å². The first-order valence-corrected chi connectivity index (χ1v) is 6.88. The summed E-state index contributed by atoms with van der Waals surface area (Å²) >= 11 is 5.56. The van der Waals surface area contributed by atoms with E-state index in [-0.39, 0.29) is 5.78 Å². The molecule has 0 fully saturated rings. The Morgan fingerprint density at radius 1 is 1.05 bits per heavy atom. The lowest BCUT2D eigenvalue weighted by Gasteiger charge is -2.06. The van der Waals surface area contributed by atoms with Crippen LogP contribution in [0.25, 0.3) is 22.2 Å². The van der Waals surface area contributed by atoms with Gasteiger partial charge >= 0.3 is 0 Å². The Balaban J connectivity index is 2.20. The van der Waals surface area contributed by atoms with Crippen molar-refractivity contribution in [3.8, 4) is 11.3 Å². The summed E-state index contributed by atoms with van der Waals surface area (Å²) in [7, 11) is 0. The summed E-state index contributed by atoms with van der Waals surface area (Å²) in [6.45, 7) is 2.03. The molecular weight excluding hydrogens is 266 g/mol. The zero-order valence-corrected chi connectivity index (χ0v) is 11.7. The standard InChI is InChI=1S/C17H11NOS/c1-9-6-7-13-12(8-9)17(20)14-15(18-13)10-4-2-3-5-11(10)16(14)19/h2-8H,1H3,(H,18,20). The Bertz CT molecular complexity index is 953. The molecule has 96 valence electrons. The summed E-state index contributed by atoms with van der Waals surface area (Å²) in [5.41, 5.74) is 5.29. The van der Waals surface area contributed by atoms with Crippen LogP contribution in [0.5, 0.6) is 0 Å². The van der Waals surface area contributed by atoms with Crippen LogP contribution >= 0.6 is 12.2 Å². The molecule has 0 saturated heterocycles. The molecule has 1 aromatic heterocycles. The van der Waals surface area contributed by atoms with Crippen LogP contribution in [0.15, 0.2) is 42.5 Å². The maximum Gasteiger partial charge on any atom is 0.197 e. The Morgan fingerprint density at radius 3 is 2.60 bits per heavy atom. The van der Waals surface area contributed by atoms with Crippen LogP contribution in [-0.2, 0) is 0 Å². The van der Waals surface area contributed by atoms with Gasteiger partial charge in [-0.1, -0.05) is 48.1 Å². The van der Waals surface area contributed by atoms with Crippen LogP contribution in [0.3, 0.4) is 0 Å². The van der Waals surface area contributed by atoms with Gasteiger partial charge in [-0.15, -0.1) is 0 Å². The van der Waals surface area contributed by atoms with Gasteiger partial charge in [0.2, 0.25) is 0 Å². The van der Waals surface area contributed by atoms with E-state index < -0.39 is 0 Å². The van der Waals surface area contributed by atoms with Crippen molar-refractivity contribution in [2.75, 3.05) is 0 Å². The predicted octanol–water partition coefficient (Wildman–Crippen LogP) is 4.42. The zero-order chi connectivity index (χ0) is 13.9. The Hall–Kier alpha value is -2.26. The Morgan fingerprint density at radius 2 is 1.80 bits per heavy atom. The number of aromatic nitrogens is 1. The fourth-order valence-electron chi connectivity index (χ4n) is 2.85. The molecule has 1 heterocycles. The van der Waals surface area contributed by atoms with Crippen LogP contribution in [0, 0.1) is 11.4 Å². The number of H-pyrrole nitrogens is 1. The maximum atomic E-state index is 12.6. The van der Waals surface area contributed by atoms with E-state index in [2.05, 4.69) is 4.98 Å². The van der Waals surface area contributed by atoms with Crippen LogP contribution in [-0.4, -0.2) is 10.8 Å². The van der Waals surface area contributed by atoms with Crippen LogP contribution in [0.2, 0.25) is 0 Å². The quantitative estimate of drug-likeness (QED) is 0.483. The molecule has 2 aromatic carbocycles. The zero-order valence-electron chi connectivity index (χ0n) is 10.9. The van der Waals surface area contributed by atoms with E-state index >= 15 is 0 Å². The van der Waals surface area contributed by atoms with Gasteiger partial charge in [-0.05, 0) is 19.1 Å². The van der Waals surface area contributed by atoms with E-state index in [1.54, 1.807) is 0 Å². The van der Waals surface area contributed by atoms with Crippen molar-refractivity contribution in [3.05, 3.63) is 63.7 Å². The summed E-state index contributed by atoms with van der Waals surface area (Å²) in [5, 5.41) is 0.944. The van der Waals surface area contributed by atoms with Gasteiger partial charge in [0.25, 0.3) is 0 Å². The smallest absolute Gasteiger partial charge is 0.197 e. The van der Waals surface area contributed by atoms with E-state index in [0.29, 0.717) is 10.1 Å². The highest BCUT2D eigenvalue weighted by Gasteiger charge is 2.28. The number of hydrogen-bond donors (Lipinski definition) is 1. The van der Waals surface area contributed by atoms with Crippen LogP contribution < -0.4 is 0 Å². The van der Waals surface area contributed by atoms with Gasteiger partial charge in [0.05, 0.1) is 15.8 Å². The number of aromatic amines is 1. The number of carbonyl (C=O) groups excluding carboxylic acids is 1. The molecule has 3 aromatic rings. The van der Waals surface area contributed by atoms with Crippen molar-refractivity contribution in [1.82, 2.24) is 4.98 Å². The molecule has 0 spiro atoms. The minimum Gasteiger partial charge on any atom is -0.354 e. The lowest BCUT2D eigenvalue weighted by molar-refractivity contribution is 0.104. The number of hydrogen-bond acceptors (Lipinski definition) is 2. The fraction of sp³-hybridized carbons (Fsp3) is 0.0588. The monoisotopic (exact) mass is 277 g/mol. The largest absolute Gasteiger partial charge is 0.354 e. The number of nitrogens with one attached hydrogen (secondary N) is 1. The maximum absolute atomic E-state index is 12.6. The minimum atomic E-state index is 0.0280. The van der Waals surface area contributed by atoms with Crippen molar-refractivity contribution < 1.29 is 4.79 Å². The highest BCUT2D eigenvalue weighted by Crippen LogP contribution is 2.37. The summed E-state index contributed by atoms with van der Waals surface area (Å²) in [4.78, 5) is 15.9. The number of pyridine rings is 1. The average Bonchev–Trinajstić information content (AvgIpc) is 2.74. The second kappa shape index (κ2) is 3.87. The topological polar surface area (TPSA) is 32.9 Å². The van der Waals surface area contributed by atoms with Gasteiger partial charge < -0.3 is 4.98 Å². The van der Waals surface area contributed by atoms with Crippen molar-refractivity contribution >= 4 is 28.9 Å². The number of benzene rings is 2. The normalized spacial score (nSPS) is 12.6. The lowest BCUT2D eigenvalue weighted by atomic mass is 10.1. The highest BCUT2D eigenvalue weighted by atomic mass is 32.1. The number of aryl methyl sites for hydroxylation is 1. The summed E-state index contributed by atoms with van der Waals surface area (Å²) < 4.78 is 0.652.